The Morgan fingerprint density at radius 1 is 1.26 bits per heavy atom. The number of hydrogen-bond donors (Lipinski definition) is 1. The summed E-state index contributed by atoms with van der Waals surface area (Å²) in [5.41, 5.74) is 0.945. The van der Waals surface area contributed by atoms with E-state index in [2.05, 4.69) is 4.72 Å². The van der Waals surface area contributed by atoms with Gasteiger partial charge < -0.3 is 9.64 Å². The molecule has 2 fully saturated rings. The summed E-state index contributed by atoms with van der Waals surface area (Å²) >= 11 is 0. The van der Waals surface area contributed by atoms with Crippen molar-refractivity contribution in [3.8, 4) is 0 Å². The summed E-state index contributed by atoms with van der Waals surface area (Å²) in [7, 11) is -1.92. The molecule has 1 aromatic carbocycles. The van der Waals surface area contributed by atoms with Crippen LogP contribution in [0.25, 0.3) is 0 Å². The minimum atomic E-state index is -3.55. The molecule has 6 nitrogen and oxygen atoms in total. The van der Waals surface area contributed by atoms with Gasteiger partial charge in [-0.05, 0) is 43.4 Å². The van der Waals surface area contributed by atoms with E-state index in [0.29, 0.717) is 31.0 Å². The predicted molar refractivity (Wildman–Crippen MR) is 104 cm³/mol. The Bertz CT molecular complexity index is 763. The number of piperidine rings is 1. The lowest BCUT2D eigenvalue weighted by molar-refractivity contribution is -0.142. The summed E-state index contributed by atoms with van der Waals surface area (Å²) in [5.74, 6) is 0.160. The Morgan fingerprint density at radius 3 is 2.67 bits per heavy atom. The molecule has 1 aliphatic heterocycles. The molecule has 0 aromatic heterocycles. The zero-order chi connectivity index (χ0) is 19.5. The van der Waals surface area contributed by atoms with E-state index in [9.17, 15) is 13.2 Å². The molecule has 0 bridgehead atoms. The minimum Gasteiger partial charge on any atom is -0.383 e. The number of carbonyl (C=O) groups is 1. The lowest BCUT2D eigenvalue weighted by atomic mass is 9.74. The van der Waals surface area contributed by atoms with Gasteiger partial charge in [0.15, 0.2) is 0 Å². The average molecular weight is 395 g/mol. The number of carbonyl (C=O) groups excluding carboxylic acids is 1. The summed E-state index contributed by atoms with van der Waals surface area (Å²) < 4.78 is 33.5. The molecular formula is C20H30N2O4S. The van der Waals surface area contributed by atoms with E-state index in [1.54, 1.807) is 19.2 Å². The van der Waals surface area contributed by atoms with Crippen LogP contribution in [0.5, 0.6) is 0 Å². The summed E-state index contributed by atoms with van der Waals surface area (Å²) in [4.78, 5) is 14.6. The van der Waals surface area contributed by atoms with E-state index in [-0.39, 0.29) is 17.4 Å². The number of sulfonamides is 1. The second-order valence-corrected chi connectivity index (χ2v) is 9.44. The molecular weight excluding hydrogens is 364 g/mol. The molecule has 2 unspecified atom stereocenters. The topological polar surface area (TPSA) is 75.7 Å². The van der Waals surface area contributed by atoms with Gasteiger partial charge in [-0.3, -0.25) is 4.79 Å². The van der Waals surface area contributed by atoms with E-state index in [1.165, 1.54) is 0 Å². The van der Waals surface area contributed by atoms with Crippen molar-refractivity contribution >= 4 is 15.9 Å². The Kier molecular flexibility index (Phi) is 6.23. The largest absolute Gasteiger partial charge is 0.383 e. The lowest BCUT2D eigenvalue weighted by Crippen LogP contribution is -2.56. The van der Waals surface area contributed by atoms with Gasteiger partial charge >= 0.3 is 0 Å². The van der Waals surface area contributed by atoms with Crippen LogP contribution in [0, 0.1) is 5.41 Å². The maximum absolute atomic E-state index is 12.8. The van der Waals surface area contributed by atoms with Crippen molar-refractivity contribution in [2.24, 2.45) is 5.41 Å². The highest BCUT2D eigenvalue weighted by atomic mass is 32.2. The number of methoxy groups -OCH3 is 1. The molecule has 0 spiro atoms. The van der Waals surface area contributed by atoms with Crippen LogP contribution >= 0.6 is 0 Å². The number of hydrogen-bond acceptors (Lipinski definition) is 4. The van der Waals surface area contributed by atoms with Crippen LogP contribution in [-0.2, 0) is 26.0 Å². The van der Waals surface area contributed by atoms with Crippen LogP contribution in [0.3, 0.4) is 0 Å². The zero-order valence-electron chi connectivity index (χ0n) is 16.2. The first-order valence-corrected chi connectivity index (χ1v) is 11.3. The number of rotatable bonds is 8. The summed E-state index contributed by atoms with van der Waals surface area (Å²) in [6.07, 6.45) is 5.01. The minimum absolute atomic E-state index is 0.0964. The molecule has 1 saturated carbocycles. The number of aryl methyl sites for hydroxylation is 1. The fourth-order valence-electron chi connectivity index (χ4n) is 4.56. The van der Waals surface area contributed by atoms with Crippen LogP contribution in [0.4, 0.5) is 0 Å². The molecule has 0 radical (unpaired) electrons. The number of nitrogens with zero attached hydrogens (tertiary/aromatic N) is 1. The first kappa shape index (κ1) is 20.3. The van der Waals surface area contributed by atoms with Gasteiger partial charge in [-0.1, -0.05) is 25.5 Å². The number of amides is 1. The molecule has 1 N–H and O–H groups in total. The highest BCUT2D eigenvalue weighted by Gasteiger charge is 2.50. The molecule has 27 heavy (non-hydrogen) atoms. The summed E-state index contributed by atoms with van der Waals surface area (Å²) in [6.45, 7) is 3.51. The van der Waals surface area contributed by atoms with E-state index >= 15 is 0 Å². The first-order chi connectivity index (χ1) is 12.9. The van der Waals surface area contributed by atoms with Gasteiger partial charge in [0, 0.05) is 38.1 Å². The summed E-state index contributed by atoms with van der Waals surface area (Å²) in [5, 5.41) is 0. The van der Waals surface area contributed by atoms with Gasteiger partial charge in [0.1, 0.15) is 0 Å². The highest BCUT2D eigenvalue weighted by Crippen LogP contribution is 2.47. The third-order valence-corrected chi connectivity index (χ3v) is 7.60. The smallest absolute Gasteiger partial charge is 0.240 e. The second kappa shape index (κ2) is 8.29. The highest BCUT2D eigenvalue weighted by molar-refractivity contribution is 7.89. The quantitative estimate of drug-likeness (QED) is 0.734. The fraction of sp³-hybridized carbons (Fsp3) is 0.650. The van der Waals surface area contributed by atoms with Gasteiger partial charge in [-0.15, -0.1) is 0 Å². The Labute approximate surface area is 162 Å². The molecule has 3 rings (SSSR count). The van der Waals surface area contributed by atoms with Crippen molar-refractivity contribution in [2.75, 3.05) is 26.8 Å². The van der Waals surface area contributed by atoms with Crippen molar-refractivity contribution in [1.29, 1.82) is 0 Å². The van der Waals surface area contributed by atoms with Crippen LogP contribution in [0.2, 0.25) is 0 Å². The maximum atomic E-state index is 12.8. The molecule has 1 aliphatic carbocycles. The third kappa shape index (κ3) is 4.20. The summed E-state index contributed by atoms with van der Waals surface area (Å²) in [6, 6.07) is 7.15. The van der Waals surface area contributed by atoms with Crippen LogP contribution < -0.4 is 4.72 Å². The maximum Gasteiger partial charge on any atom is 0.240 e. The van der Waals surface area contributed by atoms with E-state index in [0.717, 1.165) is 37.7 Å². The molecule has 1 saturated heterocycles. The zero-order valence-corrected chi connectivity index (χ0v) is 17.1. The third-order valence-electron chi connectivity index (χ3n) is 6.18. The molecule has 1 aromatic rings. The monoisotopic (exact) mass is 394 g/mol. The van der Waals surface area contributed by atoms with E-state index < -0.39 is 10.0 Å². The number of fused-ring (bicyclic) bond motifs is 1. The van der Waals surface area contributed by atoms with Gasteiger partial charge in [0.2, 0.25) is 15.9 Å². The average Bonchev–Trinajstić information content (AvgIpc) is 3.10. The van der Waals surface area contributed by atoms with Crippen molar-refractivity contribution in [3.05, 3.63) is 29.8 Å². The van der Waals surface area contributed by atoms with Gasteiger partial charge in [-0.25, -0.2) is 13.1 Å². The Morgan fingerprint density at radius 2 is 2.00 bits per heavy atom. The molecule has 150 valence electrons. The van der Waals surface area contributed by atoms with Crippen molar-refractivity contribution in [3.63, 3.8) is 0 Å². The van der Waals surface area contributed by atoms with Crippen molar-refractivity contribution < 1.29 is 17.9 Å². The lowest BCUT2D eigenvalue weighted by Gasteiger charge is -2.46. The van der Waals surface area contributed by atoms with Crippen molar-refractivity contribution in [2.45, 2.75) is 56.4 Å². The number of likely N-dealkylation sites (tertiary alicyclic amines) is 1. The molecule has 1 heterocycles. The first-order valence-electron chi connectivity index (χ1n) is 9.79. The predicted octanol–water partition coefficient (Wildman–Crippen LogP) is 2.33. The second-order valence-electron chi connectivity index (χ2n) is 7.67. The Balaban J connectivity index is 1.73. The van der Waals surface area contributed by atoms with Gasteiger partial charge in [-0.2, -0.15) is 0 Å². The van der Waals surface area contributed by atoms with Crippen molar-refractivity contribution in [1.82, 2.24) is 9.62 Å². The normalized spacial score (nSPS) is 25.6. The Hall–Kier alpha value is -1.44. The van der Waals surface area contributed by atoms with E-state index in [1.807, 2.05) is 24.0 Å². The van der Waals surface area contributed by atoms with Crippen LogP contribution in [-0.4, -0.2) is 52.1 Å². The van der Waals surface area contributed by atoms with Gasteiger partial charge in [0.25, 0.3) is 0 Å². The molecule has 2 aliphatic rings. The number of ether oxygens (including phenoxy) is 1. The van der Waals surface area contributed by atoms with Crippen LogP contribution in [0.15, 0.2) is 29.2 Å². The molecule has 1 amide bonds. The molecule has 2 atom stereocenters. The number of benzene rings is 1. The van der Waals surface area contributed by atoms with E-state index in [4.69, 9.17) is 4.74 Å². The standard InChI is InChI=1S/C20H30N2O4S/c1-3-16-6-8-17(9-7-16)27(24,25)21-15-20-11-4-5-18(20)22(13-14-26-2)19(23)10-12-20/h6-9,18,21H,3-5,10-15H2,1-2H3. The number of nitrogens with one attached hydrogen (secondary N) is 1. The van der Waals surface area contributed by atoms with Crippen LogP contribution in [0.1, 0.15) is 44.6 Å². The fourth-order valence-corrected chi connectivity index (χ4v) is 5.70. The van der Waals surface area contributed by atoms with Gasteiger partial charge in [0.05, 0.1) is 11.5 Å². The SMILES string of the molecule is CCc1ccc(S(=O)(=O)NCC23CCCC2N(CCOC)C(=O)CC3)cc1. The molecule has 7 heteroatoms.